The lowest BCUT2D eigenvalue weighted by atomic mass is 10.2. The smallest absolute Gasteiger partial charge is 0.407 e. The van der Waals surface area contributed by atoms with Gasteiger partial charge in [-0.25, -0.2) is 4.79 Å². The Hall–Kier alpha value is -1.52. The summed E-state index contributed by atoms with van der Waals surface area (Å²) in [6.45, 7) is 2.27. The Morgan fingerprint density at radius 2 is 2.00 bits per heavy atom. The van der Waals surface area contributed by atoms with Crippen LogP contribution in [-0.2, 0) is 9.53 Å². The lowest BCUT2D eigenvalue weighted by Crippen LogP contribution is -2.29. The molecule has 0 aliphatic carbocycles. The molecule has 0 heterocycles. The molecule has 5 nitrogen and oxygen atoms in total. The summed E-state index contributed by atoms with van der Waals surface area (Å²) in [5.41, 5.74) is 4.81. The molecule has 0 aliphatic rings. The predicted octanol–water partition coefficient (Wildman–Crippen LogP) is 1.33. The third kappa shape index (κ3) is 10.6. The van der Waals surface area contributed by atoms with E-state index < -0.39 is 12.0 Å². The minimum absolute atomic E-state index is 0.377. The fourth-order valence-corrected chi connectivity index (χ4v) is 1.00. The Balaban J connectivity index is 3.33. The average molecular weight is 228 g/mol. The first-order valence-corrected chi connectivity index (χ1v) is 5.50. The molecule has 0 rings (SSSR count). The van der Waals surface area contributed by atoms with Crippen LogP contribution in [0.4, 0.5) is 4.79 Å². The maximum atomic E-state index is 10.9. The van der Waals surface area contributed by atoms with Gasteiger partial charge >= 0.3 is 6.09 Å². The first-order chi connectivity index (χ1) is 7.66. The Labute approximate surface area is 96.0 Å². The van der Waals surface area contributed by atoms with Crippen molar-refractivity contribution in [1.82, 2.24) is 5.32 Å². The van der Waals surface area contributed by atoms with Gasteiger partial charge in [0.15, 0.2) is 6.61 Å². The number of unbranched alkanes of at least 4 members (excludes halogenated alkanes) is 2. The summed E-state index contributed by atoms with van der Waals surface area (Å²) in [4.78, 5) is 21.2. The molecule has 0 unspecified atom stereocenters. The van der Waals surface area contributed by atoms with Crippen molar-refractivity contribution in [2.45, 2.75) is 32.6 Å². The van der Waals surface area contributed by atoms with Gasteiger partial charge in [0.1, 0.15) is 0 Å². The molecule has 0 radical (unpaired) electrons. The maximum Gasteiger partial charge on any atom is 0.407 e. The van der Waals surface area contributed by atoms with E-state index >= 15 is 0 Å². The van der Waals surface area contributed by atoms with E-state index in [9.17, 15) is 9.59 Å². The Kier molecular flexibility index (Phi) is 9.06. The van der Waals surface area contributed by atoms with Gasteiger partial charge in [0.2, 0.25) is 0 Å². The Morgan fingerprint density at radius 3 is 2.62 bits per heavy atom. The second-order valence-corrected chi connectivity index (χ2v) is 3.37. The quantitative estimate of drug-likeness (QED) is 0.486. The highest BCUT2D eigenvalue weighted by Crippen LogP contribution is 1.95. The van der Waals surface area contributed by atoms with Gasteiger partial charge < -0.3 is 15.8 Å². The highest BCUT2D eigenvalue weighted by Gasteiger charge is 2.01. The summed E-state index contributed by atoms with van der Waals surface area (Å²) >= 11 is 0. The number of carbonyl (C=O) groups is 2. The van der Waals surface area contributed by atoms with Crippen LogP contribution in [0, 0.1) is 0 Å². The molecule has 0 aromatic heterocycles. The second-order valence-electron chi connectivity index (χ2n) is 3.37. The van der Waals surface area contributed by atoms with E-state index in [0.717, 1.165) is 12.8 Å². The number of primary amides is 1. The van der Waals surface area contributed by atoms with Crippen LogP contribution in [-0.4, -0.2) is 25.2 Å². The van der Waals surface area contributed by atoms with E-state index in [2.05, 4.69) is 23.1 Å². The topological polar surface area (TPSA) is 81.4 Å². The molecule has 2 amide bonds. The predicted molar refractivity (Wildman–Crippen MR) is 61.8 cm³/mol. The summed E-state index contributed by atoms with van der Waals surface area (Å²) in [6, 6.07) is 0. The van der Waals surface area contributed by atoms with Crippen molar-refractivity contribution >= 4 is 12.0 Å². The summed E-state index contributed by atoms with van der Waals surface area (Å²) in [5.74, 6) is -0.658. The minimum atomic E-state index is -0.658. The minimum Gasteiger partial charge on any atom is -0.439 e. The number of hydrogen-bond acceptors (Lipinski definition) is 3. The molecule has 3 N–H and O–H groups in total. The van der Waals surface area contributed by atoms with Gasteiger partial charge in [-0.2, -0.15) is 0 Å². The van der Waals surface area contributed by atoms with E-state index in [1.54, 1.807) is 0 Å². The summed E-state index contributed by atoms with van der Waals surface area (Å²) in [6.07, 6.45) is 7.70. The largest absolute Gasteiger partial charge is 0.439 e. The van der Waals surface area contributed by atoms with E-state index in [0.29, 0.717) is 6.54 Å². The molecule has 5 heteroatoms. The molecule has 0 aromatic carbocycles. The van der Waals surface area contributed by atoms with Crippen LogP contribution in [0.25, 0.3) is 0 Å². The molecule has 92 valence electrons. The van der Waals surface area contributed by atoms with Gasteiger partial charge in [-0.3, -0.25) is 4.79 Å². The van der Waals surface area contributed by atoms with Crippen LogP contribution in [0.1, 0.15) is 32.6 Å². The Bertz CT molecular complexity index is 239. The molecule has 0 fully saturated rings. The molecule has 0 bridgehead atoms. The monoisotopic (exact) mass is 228 g/mol. The van der Waals surface area contributed by atoms with Gasteiger partial charge in [0.25, 0.3) is 5.91 Å². The fraction of sp³-hybridized carbons (Fsp3) is 0.636. The second kappa shape index (κ2) is 10.0. The van der Waals surface area contributed by atoms with E-state index in [1.165, 1.54) is 12.8 Å². The molecule has 0 saturated carbocycles. The molecule has 0 aliphatic heterocycles. The lowest BCUT2D eigenvalue weighted by Gasteiger charge is -2.03. The number of rotatable bonds is 8. The third-order valence-corrected chi connectivity index (χ3v) is 1.82. The first kappa shape index (κ1) is 14.5. The number of amides is 2. The van der Waals surface area contributed by atoms with Crippen molar-refractivity contribution in [3.8, 4) is 0 Å². The molecule has 16 heavy (non-hydrogen) atoms. The van der Waals surface area contributed by atoms with Crippen molar-refractivity contribution in [3.63, 3.8) is 0 Å². The Morgan fingerprint density at radius 1 is 1.31 bits per heavy atom. The van der Waals surface area contributed by atoms with Crippen molar-refractivity contribution in [2.75, 3.05) is 13.2 Å². The van der Waals surface area contributed by atoms with E-state index in [1.807, 2.05) is 6.08 Å². The van der Waals surface area contributed by atoms with Crippen molar-refractivity contribution in [3.05, 3.63) is 12.2 Å². The number of alkyl carbamates (subject to hydrolysis) is 1. The SMILES string of the molecule is CCCCC=CCCNC(=O)OCC(N)=O. The molecular formula is C11H20N2O3. The van der Waals surface area contributed by atoms with Crippen molar-refractivity contribution < 1.29 is 14.3 Å². The van der Waals surface area contributed by atoms with Crippen LogP contribution in [0.5, 0.6) is 0 Å². The molecule has 0 saturated heterocycles. The van der Waals surface area contributed by atoms with Gasteiger partial charge in [-0.15, -0.1) is 0 Å². The number of nitrogens with one attached hydrogen (secondary N) is 1. The normalized spacial score (nSPS) is 10.3. The summed E-state index contributed by atoms with van der Waals surface area (Å²) in [7, 11) is 0. The van der Waals surface area contributed by atoms with Crippen LogP contribution in [0.3, 0.4) is 0 Å². The molecule has 0 atom stereocenters. The van der Waals surface area contributed by atoms with Gasteiger partial charge in [0, 0.05) is 6.54 Å². The van der Waals surface area contributed by atoms with Crippen molar-refractivity contribution in [1.29, 1.82) is 0 Å². The van der Waals surface area contributed by atoms with E-state index in [-0.39, 0.29) is 6.61 Å². The highest BCUT2D eigenvalue weighted by atomic mass is 16.6. The number of allylic oxidation sites excluding steroid dienone is 1. The third-order valence-electron chi connectivity index (χ3n) is 1.82. The van der Waals surface area contributed by atoms with Gasteiger partial charge in [-0.05, 0) is 12.8 Å². The maximum absolute atomic E-state index is 10.9. The first-order valence-electron chi connectivity index (χ1n) is 5.50. The van der Waals surface area contributed by atoms with Gasteiger partial charge in [-0.1, -0.05) is 31.9 Å². The highest BCUT2D eigenvalue weighted by molar-refractivity contribution is 5.78. The number of hydrogen-bond donors (Lipinski definition) is 2. The zero-order chi connectivity index (χ0) is 12.2. The zero-order valence-electron chi connectivity index (χ0n) is 9.70. The van der Waals surface area contributed by atoms with Crippen LogP contribution in [0.2, 0.25) is 0 Å². The summed E-state index contributed by atoms with van der Waals surface area (Å²) < 4.78 is 4.50. The standard InChI is InChI=1S/C11H20N2O3/c1-2-3-4-5-6-7-8-13-11(15)16-9-10(12)14/h5-6H,2-4,7-9H2,1H3,(H2,12,14)(H,13,15). The number of ether oxygens (including phenoxy) is 1. The average Bonchev–Trinajstić information content (AvgIpc) is 2.25. The van der Waals surface area contributed by atoms with Crippen molar-refractivity contribution in [2.24, 2.45) is 5.73 Å². The molecule has 0 spiro atoms. The van der Waals surface area contributed by atoms with Gasteiger partial charge in [0.05, 0.1) is 0 Å². The van der Waals surface area contributed by atoms with Crippen LogP contribution in [0.15, 0.2) is 12.2 Å². The van der Waals surface area contributed by atoms with Crippen LogP contribution < -0.4 is 11.1 Å². The van der Waals surface area contributed by atoms with Crippen LogP contribution >= 0.6 is 0 Å². The zero-order valence-corrected chi connectivity index (χ0v) is 9.70. The molecular weight excluding hydrogens is 208 g/mol. The molecule has 0 aromatic rings. The fourth-order valence-electron chi connectivity index (χ4n) is 1.00. The number of nitrogens with two attached hydrogens (primary N) is 1. The summed E-state index contributed by atoms with van der Waals surface area (Å²) in [5, 5.41) is 2.51. The van der Waals surface area contributed by atoms with E-state index in [4.69, 9.17) is 5.73 Å². The number of carbonyl (C=O) groups excluding carboxylic acids is 2. The lowest BCUT2D eigenvalue weighted by molar-refractivity contribution is -0.120.